The van der Waals surface area contributed by atoms with E-state index in [0.717, 1.165) is 23.3 Å². The summed E-state index contributed by atoms with van der Waals surface area (Å²) in [7, 11) is 1.60. The smallest absolute Gasteiger partial charge is 0.248 e. The van der Waals surface area contributed by atoms with Crippen molar-refractivity contribution in [1.82, 2.24) is 0 Å². The minimum atomic E-state index is -0.247. The van der Waals surface area contributed by atoms with Gasteiger partial charge in [0.1, 0.15) is 23.4 Å². The first-order chi connectivity index (χ1) is 12.6. The molecule has 5 heteroatoms. The maximum Gasteiger partial charge on any atom is 0.248 e. The second kappa shape index (κ2) is 7.95. The maximum atomic E-state index is 12.4. The largest absolute Gasteiger partial charge is 0.496 e. The summed E-state index contributed by atoms with van der Waals surface area (Å²) in [4.78, 5) is 12.4. The van der Waals surface area contributed by atoms with Gasteiger partial charge in [0, 0.05) is 29.7 Å². The molecule has 1 heterocycles. The zero-order valence-corrected chi connectivity index (χ0v) is 15.2. The van der Waals surface area contributed by atoms with Gasteiger partial charge in [0.25, 0.3) is 0 Å². The summed E-state index contributed by atoms with van der Waals surface area (Å²) in [6.45, 7) is 4.46. The first-order valence-corrected chi connectivity index (χ1v) is 8.69. The lowest BCUT2D eigenvalue weighted by Crippen LogP contribution is -2.10. The number of hydrogen-bond donors (Lipinski definition) is 1. The second-order valence-corrected chi connectivity index (χ2v) is 6.09. The number of carbonyl (C=O) groups is 1. The molecule has 3 rings (SSSR count). The molecular formula is C21H23NO4. The number of para-hydroxylation sites is 1. The minimum Gasteiger partial charge on any atom is -0.496 e. The van der Waals surface area contributed by atoms with Gasteiger partial charge in [-0.15, -0.1) is 0 Å². The molecule has 0 aromatic heterocycles. The Balaban J connectivity index is 1.78. The molecule has 0 saturated carbocycles. The fraction of sp³-hybridized carbons (Fsp3) is 0.286. The number of ether oxygens (including phenoxy) is 3. The van der Waals surface area contributed by atoms with Gasteiger partial charge in [-0.3, -0.25) is 4.79 Å². The normalized spacial score (nSPS) is 15.4. The van der Waals surface area contributed by atoms with Crippen molar-refractivity contribution in [3.05, 3.63) is 53.6 Å². The molecule has 1 N–H and O–H groups in total. The molecule has 1 amide bonds. The van der Waals surface area contributed by atoms with Crippen molar-refractivity contribution in [2.45, 2.75) is 26.4 Å². The van der Waals surface area contributed by atoms with Crippen LogP contribution in [-0.4, -0.2) is 25.7 Å². The molecule has 1 atom stereocenters. The van der Waals surface area contributed by atoms with Gasteiger partial charge >= 0.3 is 0 Å². The fourth-order valence-corrected chi connectivity index (χ4v) is 2.96. The van der Waals surface area contributed by atoms with E-state index in [1.54, 1.807) is 13.2 Å². The van der Waals surface area contributed by atoms with E-state index in [0.29, 0.717) is 23.8 Å². The summed E-state index contributed by atoms with van der Waals surface area (Å²) < 4.78 is 16.8. The number of carbonyl (C=O) groups excluding carboxylic acids is 1. The van der Waals surface area contributed by atoms with E-state index in [9.17, 15) is 4.79 Å². The first kappa shape index (κ1) is 17.9. The second-order valence-electron chi connectivity index (χ2n) is 6.09. The molecule has 0 saturated heterocycles. The molecule has 1 aliphatic heterocycles. The van der Waals surface area contributed by atoms with Gasteiger partial charge in [0.05, 0.1) is 19.4 Å². The lowest BCUT2D eigenvalue weighted by Gasteiger charge is -2.12. The number of amides is 1. The lowest BCUT2D eigenvalue weighted by molar-refractivity contribution is -0.111. The Kier molecular flexibility index (Phi) is 5.46. The molecule has 5 nitrogen and oxygen atoms in total. The molecule has 0 spiro atoms. The van der Waals surface area contributed by atoms with E-state index in [1.807, 2.05) is 50.2 Å². The average molecular weight is 353 g/mol. The van der Waals surface area contributed by atoms with Crippen LogP contribution in [0.2, 0.25) is 0 Å². The number of rotatable bonds is 6. The van der Waals surface area contributed by atoms with Crippen LogP contribution in [-0.2, 0) is 11.2 Å². The van der Waals surface area contributed by atoms with E-state index >= 15 is 0 Å². The molecular weight excluding hydrogens is 330 g/mol. The molecule has 0 radical (unpaired) electrons. The standard InChI is InChI=1S/C21H23NO4/c1-4-25-20-12-16-11-14(2)26-19(16)13-17(20)22-21(23)10-9-15-7-5-6-8-18(15)24-3/h5-10,12-14H,4,11H2,1-3H3,(H,22,23)/b10-9+. The Hall–Kier alpha value is -2.95. The van der Waals surface area contributed by atoms with E-state index in [-0.39, 0.29) is 12.0 Å². The predicted octanol–water partition coefficient (Wildman–Crippen LogP) is 4.07. The van der Waals surface area contributed by atoms with Gasteiger partial charge in [-0.1, -0.05) is 18.2 Å². The van der Waals surface area contributed by atoms with Crippen LogP contribution in [0.4, 0.5) is 5.69 Å². The molecule has 2 aromatic rings. The third-order valence-electron chi connectivity index (χ3n) is 4.11. The topological polar surface area (TPSA) is 56.8 Å². The van der Waals surface area contributed by atoms with Crippen molar-refractivity contribution < 1.29 is 19.0 Å². The van der Waals surface area contributed by atoms with Crippen LogP contribution >= 0.6 is 0 Å². The molecule has 1 unspecified atom stereocenters. The van der Waals surface area contributed by atoms with E-state index in [2.05, 4.69) is 5.32 Å². The van der Waals surface area contributed by atoms with Crippen LogP contribution in [0.3, 0.4) is 0 Å². The fourth-order valence-electron chi connectivity index (χ4n) is 2.96. The Morgan fingerprint density at radius 3 is 2.88 bits per heavy atom. The number of fused-ring (bicyclic) bond motifs is 1. The summed E-state index contributed by atoms with van der Waals surface area (Å²) in [6, 6.07) is 11.3. The summed E-state index contributed by atoms with van der Waals surface area (Å²) >= 11 is 0. The summed E-state index contributed by atoms with van der Waals surface area (Å²) in [5, 5.41) is 2.88. The zero-order valence-electron chi connectivity index (χ0n) is 15.2. The van der Waals surface area contributed by atoms with Crippen LogP contribution < -0.4 is 19.5 Å². The van der Waals surface area contributed by atoms with Crippen molar-refractivity contribution in [1.29, 1.82) is 0 Å². The van der Waals surface area contributed by atoms with Crippen LogP contribution in [0.5, 0.6) is 17.2 Å². The van der Waals surface area contributed by atoms with Gasteiger partial charge in [-0.05, 0) is 32.1 Å². The van der Waals surface area contributed by atoms with E-state index < -0.39 is 0 Å². The Bertz CT molecular complexity index is 829. The van der Waals surface area contributed by atoms with Crippen molar-refractivity contribution in [3.63, 3.8) is 0 Å². The highest BCUT2D eigenvalue weighted by atomic mass is 16.5. The van der Waals surface area contributed by atoms with Crippen LogP contribution in [0, 0.1) is 0 Å². The molecule has 26 heavy (non-hydrogen) atoms. The zero-order chi connectivity index (χ0) is 18.5. The number of methoxy groups -OCH3 is 1. The van der Waals surface area contributed by atoms with Crippen molar-refractivity contribution in [2.24, 2.45) is 0 Å². The summed E-state index contributed by atoms with van der Waals surface area (Å²) in [5.41, 5.74) is 2.54. The van der Waals surface area contributed by atoms with E-state index in [1.165, 1.54) is 6.08 Å². The maximum absolute atomic E-state index is 12.4. The lowest BCUT2D eigenvalue weighted by atomic mass is 10.1. The number of hydrogen-bond acceptors (Lipinski definition) is 4. The molecule has 0 fully saturated rings. The number of anilines is 1. The monoisotopic (exact) mass is 353 g/mol. The van der Waals surface area contributed by atoms with Gasteiger partial charge in [0.15, 0.2) is 0 Å². The number of nitrogens with one attached hydrogen (secondary N) is 1. The van der Waals surface area contributed by atoms with Crippen molar-refractivity contribution >= 4 is 17.7 Å². The highest BCUT2D eigenvalue weighted by molar-refractivity contribution is 6.03. The van der Waals surface area contributed by atoms with Crippen LogP contribution in [0.1, 0.15) is 25.0 Å². The van der Waals surface area contributed by atoms with Crippen molar-refractivity contribution in [2.75, 3.05) is 19.0 Å². The Labute approximate surface area is 153 Å². The highest BCUT2D eigenvalue weighted by Gasteiger charge is 2.22. The quantitative estimate of drug-likeness (QED) is 0.796. The minimum absolute atomic E-state index is 0.135. The molecule has 0 aliphatic carbocycles. The Morgan fingerprint density at radius 2 is 2.12 bits per heavy atom. The van der Waals surface area contributed by atoms with E-state index in [4.69, 9.17) is 14.2 Å². The molecule has 1 aliphatic rings. The highest BCUT2D eigenvalue weighted by Crippen LogP contribution is 2.38. The van der Waals surface area contributed by atoms with Gasteiger partial charge in [0.2, 0.25) is 5.91 Å². The molecule has 0 bridgehead atoms. The molecule has 2 aromatic carbocycles. The summed E-state index contributed by atoms with van der Waals surface area (Å²) in [5.74, 6) is 1.92. The van der Waals surface area contributed by atoms with Crippen LogP contribution in [0.25, 0.3) is 6.08 Å². The van der Waals surface area contributed by atoms with Gasteiger partial charge in [-0.2, -0.15) is 0 Å². The summed E-state index contributed by atoms with van der Waals surface area (Å²) in [6.07, 6.45) is 4.18. The molecule has 136 valence electrons. The predicted molar refractivity (Wildman–Crippen MR) is 102 cm³/mol. The average Bonchev–Trinajstić information content (AvgIpc) is 2.99. The van der Waals surface area contributed by atoms with Gasteiger partial charge in [-0.25, -0.2) is 0 Å². The van der Waals surface area contributed by atoms with Crippen LogP contribution in [0.15, 0.2) is 42.5 Å². The SMILES string of the molecule is CCOc1cc2c(cc1NC(=O)/C=C/c1ccccc1OC)OC(C)C2. The number of benzene rings is 2. The third kappa shape index (κ3) is 3.99. The van der Waals surface area contributed by atoms with Crippen molar-refractivity contribution in [3.8, 4) is 17.2 Å². The first-order valence-electron chi connectivity index (χ1n) is 8.69. The van der Waals surface area contributed by atoms with Gasteiger partial charge < -0.3 is 19.5 Å². The third-order valence-corrected chi connectivity index (χ3v) is 4.11. The Morgan fingerprint density at radius 1 is 1.31 bits per heavy atom.